The summed E-state index contributed by atoms with van der Waals surface area (Å²) in [5, 5.41) is 0.867. The van der Waals surface area contributed by atoms with Gasteiger partial charge in [-0.1, -0.05) is 23.2 Å². The van der Waals surface area contributed by atoms with E-state index in [4.69, 9.17) is 32.7 Å². The largest absolute Gasteiger partial charge is 0.444 e. The van der Waals surface area contributed by atoms with Crippen LogP contribution in [0.3, 0.4) is 0 Å². The van der Waals surface area contributed by atoms with Crippen molar-refractivity contribution in [3.05, 3.63) is 57.3 Å². The summed E-state index contributed by atoms with van der Waals surface area (Å²) in [5.41, 5.74) is 0.555. The Balaban J connectivity index is 1.65. The van der Waals surface area contributed by atoms with Crippen molar-refractivity contribution in [3.63, 3.8) is 0 Å². The average Bonchev–Trinajstić information content (AvgIpc) is 2.97. The Kier molecular flexibility index (Phi) is 4.68. The van der Waals surface area contributed by atoms with Crippen LogP contribution in [0.1, 0.15) is 42.1 Å². The molecule has 2 aliphatic rings. The number of hydrogen-bond donors (Lipinski definition) is 0. The Bertz CT molecular complexity index is 914. The number of benzene rings is 2. The predicted molar refractivity (Wildman–Crippen MR) is 101 cm³/mol. The quantitative estimate of drug-likeness (QED) is 0.665. The van der Waals surface area contributed by atoms with E-state index in [1.807, 2.05) is 0 Å². The molecule has 2 aliphatic heterocycles. The Morgan fingerprint density at radius 1 is 1.07 bits per heavy atom. The lowest BCUT2D eigenvalue weighted by atomic mass is 10.1. The summed E-state index contributed by atoms with van der Waals surface area (Å²) >= 11 is 12.2. The van der Waals surface area contributed by atoms with Crippen molar-refractivity contribution >= 4 is 29.1 Å². The van der Waals surface area contributed by atoms with E-state index in [9.17, 15) is 9.18 Å². The Morgan fingerprint density at radius 2 is 1.74 bits per heavy atom. The molecule has 0 radical (unpaired) electrons. The summed E-state index contributed by atoms with van der Waals surface area (Å²) in [6.07, 6.45) is 2.96. The van der Waals surface area contributed by atoms with E-state index in [2.05, 4.69) is 0 Å². The molecule has 2 heterocycles. The van der Waals surface area contributed by atoms with E-state index in [-0.39, 0.29) is 17.2 Å². The van der Waals surface area contributed by atoms with Crippen LogP contribution < -0.4 is 9.47 Å². The van der Waals surface area contributed by atoms with Crippen molar-refractivity contribution in [2.45, 2.75) is 32.0 Å². The molecule has 0 saturated carbocycles. The molecule has 1 amide bonds. The first-order valence-electron chi connectivity index (χ1n) is 8.84. The van der Waals surface area contributed by atoms with Crippen LogP contribution in [0.25, 0.3) is 0 Å². The standard InChI is InChI=1S/C20H18Cl2FNO3/c1-20(14-6-5-12(21)9-15(14)22)26-17-10-13(16(23)11-18(17)27-20)19(25)24-7-3-2-4-8-24/h5-6,9-11H,2-4,7-8H2,1H3. The number of nitrogens with zero attached hydrogens (tertiary/aromatic N) is 1. The van der Waals surface area contributed by atoms with Crippen LogP contribution >= 0.6 is 23.2 Å². The van der Waals surface area contributed by atoms with E-state index < -0.39 is 11.6 Å². The summed E-state index contributed by atoms with van der Waals surface area (Å²) in [6, 6.07) is 7.58. The second-order valence-electron chi connectivity index (χ2n) is 6.91. The number of amides is 1. The van der Waals surface area contributed by atoms with E-state index >= 15 is 0 Å². The zero-order valence-corrected chi connectivity index (χ0v) is 16.2. The summed E-state index contributed by atoms with van der Waals surface area (Å²) in [5.74, 6) is -1.64. The third-order valence-corrected chi connectivity index (χ3v) is 5.48. The first kappa shape index (κ1) is 18.4. The first-order chi connectivity index (χ1) is 12.9. The number of carbonyl (C=O) groups is 1. The van der Waals surface area contributed by atoms with Crippen molar-refractivity contribution in [1.29, 1.82) is 0 Å². The minimum Gasteiger partial charge on any atom is -0.444 e. The van der Waals surface area contributed by atoms with Crippen LogP contribution in [-0.2, 0) is 5.79 Å². The van der Waals surface area contributed by atoms with E-state index in [1.54, 1.807) is 30.0 Å². The molecule has 2 aromatic carbocycles. The maximum absolute atomic E-state index is 14.6. The number of rotatable bonds is 2. The van der Waals surface area contributed by atoms with Gasteiger partial charge in [0.05, 0.1) is 16.1 Å². The lowest BCUT2D eigenvalue weighted by Crippen LogP contribution is -2.36. The van der Waals surface area contributed by atoms with Crippen LogP contribution in [0, 0.1) is 5.82 Å². The number of carbonyl (C=O) groups excluding carboxylic acids is 1. The molecule has 4 rings (SSSR count). The minimum atomic E-state index is -1.23. The molecule has 0 aliphatic carbocycles. The molecule has 0 spiro atoms. The van der Waals surface area contributed by atoms with Crippen LogP contribution in [0.5, 0.6) is 11.5 Å². The van der Waals surface area contributed by atoms with Crippen LogP contribution in [0.15, 0.2) is 30.3 Å². The molecule has 0 N–H and O–H groups in total. The van der Waals surface area contributed by atoms with Crippen molar-refractivity contribution in [2.24, 2.45) is 0 Å². The fourth-order valence-electron chi connectivity index (χ4n) is 3.53. The number of halogens is 3. The molecule has 7 heteroatoms. The monoisotopic (exact) mass is 409 g/mol. The normalized spacial score (nSPS) is 21.4. The zero-order chi connectivity index (χ0) is 19.2. The van der Waals surface area contributed by atoms with Crippen LogP contribution in [0.4, 0.5) is 4.39 Å². The van der Waals surface area contributed by atoms with Gasteiger partial charge < -0.3 is 14.4 Å². The molecule has 142 valence electrons. The number of fused-ring (bicyclic) bond motifs is 1. The highest BCUT2D eigenvalue weighted by Gasteiger charge is 2.41. The second kappa shape index (κ2) is 6.88. The van der Waals surface area contributed by atoms with Crippen LogP contribution in [-0.4, -0.2) is 23.9 Å². The Morgan fingerprint density at radius 3 is 2.41 bits per heavy atom. The average molecular weight is 410 g/mol. The lowest BCUT2D eigenvalue weighted by molar-refractivity contribution is -0.0679. The fourth-order valence-corrected chi connectivity index (χ4v) is 4.11. The molecule has 1 saturated heterocycles. The topological polar surface area (TPSA) is 38.8 Å². The highest BCUT2D eigenvalue weighted by atomic mass is 35.5. The van der Waals surface area contributed by atoms with Gasteiger partial charge in [-0.05, 0) is 43.5 Å². The van der Waals surface area contributed by atoms with Crippen molar-refractivity contribution < 1.29 is 18.7 Å². The van der Waals surface area contributed by atoms with Crippen molar-refractivity contribution in [2.75, 3.05) is 13.1 Å². The molecule has 1 fully saturated rings. The van der Waals surface area contributed by atoms with Crippen molar-refractivity contribution in [1.82, 2.24) is 4.90 Å². The highest BCUT2D eigenvalue weighted by molar-refractivity contribution is 6.35. The number of piperidine rings is 1. The summed E-state index contributed by atoms with van der Waals surface area (Å²) in [7, 11) is 0. The van der Waals surface area contributed by atoms with Gasteiger partial charge >= 0.3 is 0 Å². The van der Waals surface area contributed by atoms with E-state index in [1.165, 1.54) is 12.1 Å². The number of hydrogen-bond acceptors (Lipinski definition) is 3. The maximum atomic E-state index is 14.6. The van der Waals surface area contributed by atoms with Gasteiger partial charge in [0.2, 0.25) is 0 Å². The molecule has 0 bridgehead atoms. The minimum absolute atomic E-state index is 0.00861. The molecule has 1 unspecified atom stereocenters. The number of likely N-dealkylation sites (tertiary alicyclic amines) is 1. The third-order valence-electron chi connectivity index (χ3n) is 4.94. The SMILES string of the molecule is CC1(c2ccc(Cl)cc2Cl)Oc2cc(F)c(C(=O)N3CCCCC3)cc2O1. The molecule has 0 aromatic heterocycles. The zero-order valence-electron chi connectivity index (χ0n) is 14.7. The van der Waals surface area contributed by atoms with E-state index in [0.29, 0.717) is 34.4 Å². The summed E-state index contributed by atoms with van der Waals surface area (Å²) in [6.45, 7) is 2.97. The van der Waals surface area contributed by atoms with Gasteiger partial charge in [-0.15, -0.1) is 0 Å². The van der Waals surface area contributed by atoms with Gasteiger partial charge in [-0.25, -0.2) is 4.39 Å². The highest BCUT2D eigenvalue weighted by Crippen LogP contribution is 2.47. The Labute approximate surface area is 166 Å². The van der Waals surface area contributed by atoms with E-state index in [0.717, 1.165) is 19.3 Å². The summed E-state index contributed by atoms with van der Waals surface area (Å²) in [4.78, 5) is 14.4. The van der Waals surface area contributed by atoms with Gasteiger partial charge in [0.1, 0.15) is 5.82 Å². The lowest BCUT2D eigenvalue weighted by Gasteiger charge is -2.26. The molecule has 4 nitrogen and oxygen atoms in total. The van der Waals surface area contributed by atoms with Gasteiger partial charge in [0.15, 0.2) is 11.5 Å². The van der Waals surface area contributed by atoms with Gasteiger partial charge in [-0.2, -0.15) is 0 Å². The molecule has 1 atom stereocenters. The molecular weight excluding hydrogens is 392 g/mol. The van der Waals surface area contributed by atoms with Crippen molar-refractivity contribution in [3.8, 4) is 11.5 Å². The molecule has 2 aromatic rings. The third kappa shape index (κ3) is 3.34. The molecule has 27 heavy (non-hydrogen) atoms. The predicted octanol–water partition coefficient (Wildman–Crippen LogP) is 5.40. The smallest absolute Gasteiger partial charge is 0.276 e. The Hall–Kier alpha value is -1.98. The first-order valence-corrected chi connectivity index (χ1v) is 9.59. The fraction of sp³-hybridized carbons (Fsp3) is 0.350. The molecular formula is C20H18Cl2FNO3. The van der Waals surface area contributed by atoms with Crippen LogP contribution in [0.2, 0.25) is 10.0 Å². The van der Waals surface area contributed by atoms with Gasteiger partial charge in [0, 0.05) is 31.1 Å². The number of ether oxygens (including phenoxy) is 2. The second-order valence-corrected chi connectivity index (χ2v) is 7.75. The maximum Gasteiger partial charge on any atom is 0.276 e. The summed E-state index contributed by atoms with van der Waals surface area (Å²) < 4.78 is 26.4. The van der Waals surface area contributed by atoms with Gasteiger partial charge in [-0.3, -0.25) is 4.79 Å². The van der Waals surface area contributed by atoms with Gasteiger partial charge in [0.25, 0.3) is 11.7 Å².